The molecule has 0 atom stereocenters. The van der Waals surface area contributed by atoms with Gasteiger partial charge in [0, 0.05) is 43.4 Å². The monoisotopic (exact) mass is 338 g/mol. The minimum Gasteiger partial charge on any atom is -0.372 e. The molecular formula is C19H22N4O2. The zero-order chi connectivity index (χ0) is 17.5. The van der Waals surface area contributed by atoms with Crippen LogP contribution in [0.1, 0.15) is 24.8 Å². The van der Waals surface area contributed by atoms with E-state index >= 15 is 0 Å². The van der Waals surface area contributed by atoms with Crippen LogP contribution in [0.5, 0.6) is 0 Å². The number of carbonyl (C=O) groups is 2. The molecule has 0 radical (unpaired) electrons. The van der Waals surface area contributed by atoms with Crippen LogP contribution >= 0.6 is 0 Å². The van der Waals surface area contributed by atoms with E-state index in [9.17, 15) is 9.59 Å². The van der Waals surface area contributed by atoms with E-state index in [4.69, 9.17) is 0 Å². The molecule has 1 saturated heterocycles. The molecule has 0 aliphatic carbocycles. The van der Waals surface area contributed by atoms with Crippen molar-refractivity contribution in [2.75, 3.05) is 23.3 Å². The highest BCUT2D eigenvalue weighted by atomic mass is 16.2. The number of aromatic nitrogens is 1. The molecule has 0 spiro atoms. The lowest BCUT2D eigenvalue weighted by Crippen LogP contribution is -2.35. The summed E-state index contributed by atoms with van der Waals surface area (Å²) >= 11 is 0. The van der Waals surface area contributed by atoms with E-state index < -0.39 is 11.8 Å². The number of benzene rings is 1. The average Bonchev–Trinajstić information content (AvgIpc) is 2.68. The Morgan fingerprint density at radius 2 is 1.76 bits per heavy atom. The van der Waals surface area contributed by atoms with Crippen molar-refractivity contribution in [3.63, 3.8) is 0 Å². The molecule has 0 saturated carbocycles. The lowest BCUT2D eigenvalue weighted by Gasteiger charge is -2.28. The van der Waals surface area contributed by atoms with Gasteiger partial charge in [-0.25, -0.2) is 0 Å². The van der Waals surface area contributed by atoms with E-state index in [1.54, 1.807) is 18.5 Å². The molecule has 1 aromatic heterocycles. The van der Waals surface area contributed by atoms with Crippen molar-refractivity contribution in [2.45, 2.75) is 25.8 Å². The Morgan fingerprint density at radius 1 is 1.00 bits per heavy atom. The summed E-state index contributed by atoms with van der Waals surface area (Å²) in [6, 6.07) is 11.2. The third kappa shape index (κ3) is 4.79. The van der Waals surface area contributed by atoms with E-state index in [2.05, 4.69) is 20.5 Å². The first-order valence-electron chi connectivity index (χ1n) is 8.55. The Morgan fingerprint density at radius 3 is 2.44 bits per heavy atom. The summed E-state index contributed by atoms with van der Waals surface area (Å²) in [5.41, 5.74) is 2.61. The Labute approximate surface area is 147 Å². The van der Waals surface area contributed by atoms with Gasteiger partial charge >= 0.3 is 11.8 Å². The normalized spacial score (nSPS) is 14.0. The fourth-order valence-electron chi connectivity index (χ4n) is 2.86. The zero-order valence-electron chi connectivity index (χ0n) is 14.1. The average molecular weight is 338 g/mol. The maximum absolute atomic E-state index is 12.0. The van der Waals surface area contributed by atoms with Crippen molar-refractivity contribution in [1.82, 2.24) is 10.3 Å². The molecule has 3 rings (SSSR count). The fraction of sp³-hybridized carbons (Fsp3) is 0.316. The van der Waals surface area contributed by atoms with Crippen LogP contribution in [0.15, 0.2) is 48.8 Å². The molecule has 1 aromatic carbocycles. The Kier molecular flexibility index (Phi) is 5.61. The predicted octanol–water partition coefficient (Wildman–Crippen LogP) is 2.33. The number of hydrogen-bond acceptors (Lipinski definition) is 4. The molecule has 0 unspecified atom stereocenters. The second-order valence-electron chi connectivity index (χ2n) is 6.09. The summed E-state index contributed by atoms with van der Waals surface area (Å²) in [7, 11) is 0. The van der Waals surface area contributed by atoms with Gasteiger partial charge in [-0.3, -0.25) is 14.6 Å². The van der Waals surface area contributed by atoms with E-state index in [1.807, 2.05) is 30.3 Å². The first-order chi connectivity index (χ1) is 12.2. The van der Waals surface area contributed by atoms with Gasteiger partial charge in [0.15, 0.2) is 0 Å². The summed E-state index contributed by atoms with van der Waals surface area (Å²) in [5.74, 6) is -1.33. The van der Waals surface area contributed by atoms with Gasteiger partial charge in [0.2, 0.25) is 0 Å². The number of nitrogens with one attached hydrogen (secondary N) is 2. The second-order valence-corrected chi connectivity index (χ2v) is 6.09. The van der Waals surface area contributed by atoms with Gasteiger partial charge in [0.25, 0.3) is 0 Å². The Balaban J connectivity index is 1.50. The molecule has 1 fully saturated rings. The van der Waals surface area contributed by atoms with Crippen molar-refractivity contribution in [3.05, 3.63) is 54.4 Å². The minimum absolute atomic E-state index is 0.272. The van der Waals surface area contributed by atoms with Crippen LogP contribution in [-0.2, 0) is 16.1 Å². The number of carbonyl (C=O) groups excluding carboxylic acids is 2. The summed E-state index contributed by atoms with van der Waals surface area (Å²) in [5, 5.41) is 5.21. The summed E-state index contributed by atoms with van der Waals surface area (Å²) < 4.78 is 0. The molecule has 25 heavy (non-hydrogen) atoms. The number of amides is 2. The molecule has 2 N–H and O–H groups in total. The number of nitrogens with zero attached hydrogens (tertiary/aromatic N) is 2. The third-order valence-electron chi connectivity index (χ3n) is 4.23. The van der Waals surface area contributed by atoms with Crippen molar-refractivity contribution in [1.29, 1.82) is 0 Å². The third-order valence-corrected chi connectivity index (χ3v) is 4.23. The van der Waals surface area contributed by atoms with Crippen molar-refractivity contribution < 1.29 is 9.59 Å². The van der Waals surface area contributed by atoms with Crippen LogP contribution in [0.3, 0.4) is 0 Å². The maximum atomic E-state index is 12.0. The highest BCUT2D eigenvalue weighted by Crippen LogP contribution is 2.21. The van der Waals surface area contributed by atoms with Crippen molar-refractivity contribution in [2.24, 2.45) is 0 Å². The van der Waals surface area contributed by atoms with E-state index in [0.29, 0.717) is 5.69 Å². The van der Waals surface area contributed by atoms with Gasteiger partial charge in [-0.05, 0) is 55.2 Å². The van der Waals surface area contributed by atoms with Crippen LogP contribution < -0.4 is 15.5 Å². The molecule has 2 amide bonds. The number of pyridine rings is 1. The van der Waals surface area contributed by atoms with E-state index in [0.717, 1.165) is 24.3 Å². The van der Waals surface area contributed by atoms with Crippen LogP contribution in [0.25, 0.3) is 0 Å². The molecule has 0 bridgehead atoms. The molecular weight excluding hydrogens is 316 g/mol. The quantitative estimate of drug-likeness (QED) is 0.839. The number of anilines is 2. The fourth-order valence-corrected chi connectivity index (χ4v) is 2.86. The predicted molar refractivity (Wildman–Crippen MR) is 97.2 cm³/mol. The topological polar surface area (TPSA) is 74.3 Å². The highest BCUT2D eigenvalue weighted by molar-refractivity contribution is 6.39. The van der Waals surface area contributed by atoms with Crippen molar-refractivity contribution in [3.8, 4) is 0 Å². The lowest BCUT2D eigenvalue weighted by atomic mass is 10.1. The zero-order valence-corrected chi connectivity index (χ0v) is 14.1. The van der Waals surface area contributed by atoms with E-state index in [1.165, 1.54) is 19.3 Å². The van der Waals surface area contributed by atoms with Crippen LogP contribution in [-0.4, -0.2) is 29.9 Å². The van der Waals surface area contributed by atoms with Gasteiger partial charge in [-0.15, -0.1) is 0 Å². The maximum Gasteiger partial charge on any atom is 0.313 e. The second kappa shape index (κ2) is 8.28. The smallest absolute Gasteiger partial charge is 0.313 e. The van der Waals surface area contributed by atoms with Crippen molar-refractivity contribution >= 4 is 23.2 Å². The Bertz CT molecular complexity index is 710. The standard InChI is InChI=1S/C19H22N4O2/c24-18(21-14-15-5-4-10-20-13-15)19(25)22-16-6-8-17(9-7-16)23-11-2-1-3-12-23/h4-10,13H,1-3,11-12,14H2,(H,21,24)(H,22,25). The highest BCUT2D eigenvalue weighted by Gasteiger charge is 2.14. The SMILES string of the molecule is O=C(NCc1cccnc1)C(=O)Nc1ccc(N2CCCCC2)cc1. The van der Waals surface area contributed by atoms with Gasteiger partial charge in [0.1, 0.15) is 0 Å². The van der Waals surface area contributed by atoms with Gasteiger partial charge in [-0.1, -0.05) is 6.07 Å². The van der Waals surface area contributed by atoms with Crippen LogP contribution in [0.2, 0.25) is 0 Å². The number of hydrogen-bond donors (Lipinski definition) is 2. The van der Waals surface area contributed by atoms with Gasteiger partial charge in [-0.2, -0.15) is 0 Å². The van der Waals surface area contributed by atoms with E-state index in [-0.39, 0.29) is 6.54 Å². The lowest BCUT2D eigenvalue weighted by molar-refractivity contribution is -0.136. The Hall–Kier alpha value is -2.89. The summed E-state index contributed by atoms with van der Waals surface area (Å²) in [4.78, 5) is 30.2. The van der Waals surface area contributed by atoms with Crippen LogP contribution in [0.4, 0.5) is 11.4 Å². The molecule has 2 heterocycles. The number of piperidine rings is 1. The number of rotatable bonds is 4. The largest absolute Gasteiger partial charge is 0.372 e. The first-order valence-corrected chi connectivity index (χ1v) is 8.55. The van der Waals surface area contributed by atoms with Gasteiger partial charge < -0.3 is 15.5 Å². The molecule has 1 aliphatic rings. The minimum atomic E-state index is -0.672. The molecule has 6 nitrogen and oxygen atoms in total. The first kappa shape index (κ1) is 17.0. The van der Waals surface area contributed by atoms with Gasteiger partial charge in [0.05, 0.1) is 0 Å². The summed E-state index contributed by atoms with van der Waals surface area (Å²) in [6.45, 7) is 2.42. The molecule has 2 aromatic rings. The molecule has 6 heteroatoms. The molecule has 130 valence electrons. The van der Waals surface area contributed by atoms with Crippen LogP contribution in [0, 0.1) is 0 Å². The summed E-state index contributed by atoms with van der Waals surface area (Å²) in [6.07, 6.45) is 7.03. The molecule has 1 aliphatic heterocycles.